The fourth-order valence-corrected chi connectivity index (χ4v) is 3.72. The maximum absolute atomic E-state index is 12.3. The van der Waals surface area contributed by atoms with E-state index in [1.165, 1.54) is 11.3 Å². The number of thiazole rings is 1. The van der Waals surface area contributed by atoms with Crippen molar-refractivity contribution in [2.45, 2.75) is 25.7 Å². The molecular weight excluding hydrogens is 352 g/mol. The summed E-state index contributed by atoms with van der Waals surface area (Å²) in [5.74, 6) is 0.453. The first-order valence-electron chi connectivity index (χ1n) is 8.75. The molecule has 3 heterocycles. The number of nitrogens with zero attached hydrogens (tertiary/aromatic N) is 4. The average Bonchev–Trinajstić information content (AvgIpc) is 3.26. The van der Waals surface area contributed by atoms with Gasteiger partial charge in [-0.25, -0.2) is 9.97 Å². The molecule has 26 heavy (non-hydrogen) atoms. The van der Waals surface area contributed by atoms with Gasteiger partial charge in [0.05, 0.1) is 18.2 Å². The molecule has 1 saturated heterocycles. The number of amides is 2. The van der Waals surface area contributed by atoms with Crippen molar-refractivity contribution in [3.63, 3.8) is 0 Å². The zero-order chi connectivity index (χ0) is 18.5. The van der Waals surface area contributed by atoms with E-state index in [0.29, 0.717) is 36.1 Å². The predicted molar refractivity (Wildman–Crippen MR) is 99.7 cm³/mol. The van der Waals surface area contributed by atoms with Gasteiger partial charge in [0.1, 0.15) is 5.69 Å². The zero-order valence-corrected chi connectivity index (χ0v) is 15.7. The molecule has 0 unspecified atom stereocenters. The number of carbonyl (C=O) groups excluding carboxylic acids is 2. The van der Waals surface area contributed by atoms with Crippen molar-refractivity contribution in [2.75, 3.05) is 25.4 Å². The highest BCUT2D eigenvalue weighted by Crippen LogP contribution is 2.18. The molecule has 3 N–H and O–H groups in total. The molecule has 0 spiro atoms. The van der Waals surface area contributed by atoms with Gasteiger partial charge in [-0.1, -0.05) is 0 Å². The highest BCUT2D eigenvalue weighted by Gasteiger charge is 2.23. The maximum atomic E-state index is 12.3. The van der Waals surface area contributed by atoms with E-state index in [1.807, 2.05) is 10.3 Å². The zero-order valence-electron chi connectivity index (χ0n) is 14.9. The first-order chi connectivity index (χ1) is 12.5. The summed E-state index contributed by atoms with van der Waals surface area (Å²) in [6.45, 7) is 2.11. The molecule has 8 nitrogen and oxygen atoms in total. The Bertz CT molecular complexity index is 763. The van der Waals surface area contributed by atoms with Crippen LogP contribution < -0.4 is 11.1 Å². The van der Waals surface area contributed by atoms with Crippen LogP contribution in [0, 0.1) is 5.92 Å². The van der Waals surface area contributed by atoms with E-state index in [4.69, 9.17) is 5.73 Å². The van der Waals surface area contributed by atoms with Crippen LogP contribution in [0.15, 0.2) is 17.9 Å². The number of anilines is 1. The predicted octanol–water partition coefficient (Wildman–Crippen LogP) is 1.06. The first kappa shape index (κ1) is 18.4. The van der Waals surface area contributed by atoms with Gasteiger partial charge in [-0.3, -0.25) is 9.59 Å². The van der Waals surface area contributed by atoms with Gasteiger partial charge in [-0.2, -0.15) is 0 Å². The Balaban J connectivity index is 1.37. The van der Waals surface area contributed by atoms with Crippen LogP contribution >= 0.6 is 11.3 Å². The number of piperidine rings is 1. The van der Waals surface area contributed by atoms with Crippen LogP contribution in [0.5, 0.6) is 0 Å². The highest BCUT2D eigenvalue weighted by molar-refractivity contribution is 7.13. The molecule has 0 bridgehead atoms. The second-order valence-corrected chi connectivity index (χ2v) is 7.49. The number of carbonyl (C=O) groups is 2. The Morgan fingerprint density at radius 2 is 2.15 bits per heavy atom. The molecule has 2 aromatic rings. The van der Waals surface area contributed by atoms with Gasteiger partial charge in [0, 0.05) is 38.5 Å². The van der Waals surface area contributed by atoms with Crippen LogP contribution in [0.3, 0.4) is 0 Å². The van der Waals surface area contributed by atoms with Crippen LogP contribution in [0.1, 0.15) is 35.4 Å². The molecule has 2 aromatic heterocycles. The monoisotopic (exact) mass is 376 g/mol. The number of rotatable bonds is 6. The topological polar surface area (TPSA) is 106 Å². The van der Waals surface area contributed by atoms with Crippen molar-refractivity contribution < 1.29 is 9.59 Å². The van der Waals surface area contributed by atoms with Gasteiger partial charge >= 0.3 is 0 Å². The molecule has 1 fully saturated rings. The normalized spacial score (nSPS) is 15.2. The van der Waals surface area contributed by atoms with Crippen molar-refractivity contribution >= 4 is 28.3 Å². The minimum absolute atomic E-state index is 0.106. The molecule has 0 saturated carbocycles. The van der Waals surface area contributed by atoms with Gasteiger partial charge in [-0.05, 0) is 25.2 Å². The van der Waals surface area contributed by atoms with E-state index in [9.17, 15) is 9.59 Å². The summed E-state index contributed by atoms with van der Waals surface area (Å²) in [7, 11) is 1.80. The number of aryl methyl sites for hydroxylation is 2. The van der Waals surface area contributed by atoms with Crippen LogP contribution in [0.4, 0.5) is 5.13 Å². The summed E-state index contributed by atoms with van der Waals surface area (Å²) in [4.78, 5) is 34.5. The minimum Gasteiger partial charge on any atom is -0.375 e. The van der Waals surface area contributed by atoms with Crippen LogP contribution in [-0.2, 0) is 18.3 Å². The summed E-state index contributed by atoms with van der Waals surface area (Å²) in [6, 6.07) is 0. The quantitative estimate of drug-likeness (QED) is 0.784. The number of nitrogens with two attached hydrogens (primary N) is 1. The third kappa shape index (κ3) is 4.60. The Kier molecular flexibility index (Phi) is 5.87. The molecule has 140 valence electrons. The van der Waals surface area contributed by atoms with Crippen molar-refractivity contribution in [3.8, 4) is 0 Å². The van der Waals surface area contributed by atoms with E-state index in [0.717, 1.165) is 31.6 Å². The lowest BCUT2D eigenvalue weighted by atomic mass is 9.96. The second kappa shape index (κ2) is 8.31. The summed E-state index contributed by atoms with van der Waals surface area (Å²) in [5.41, 5.74) is 7.05. The van der Waals surface area contributed by atoms with E-state index in [-0.39, 0.29) is 11.8 Å². The molecule has 1 aliphatic rings. The van der Waals surface area contributed by atoms with Crippen molar-refractivity contribution in [2.24, 2.45) is 13.0 Å². The lowest BCUT2D eigenvalue weighted by Gasteiger charge is -2.32. The standard InChI is InChI=1S/C17H24N6O2S/c1-22-11-19-9-14(22)16(25)20-8-12-4-6-23(7-5-12)15(24)3-2-13-10-26-17(18)21-13/h9-12H,2-8H2,1H3,(H2,18,21)(H,20,25). The summed E-state index contributed by atoms with van der Waals surface area (Å²) >= 11 is 1.40. The molecule has 1 aliphatic heterocycles. The van der Waals surface area contributed by atoms with Gasteiger partial charge in [0.15, 0.2) is 5.13 Å². The van der Waals surface area contributed by atoms with Gasteiger partial charge < -0.3 is 20.5 Å². The molecular formula is C17H24N6O2S. The van der Waals surface area contributed by atoms with E-state index in [1.54, 1.807) is 24.1 Å². The smallest absolute Gasteiger partial charge is 0.269 e. The van der Waals surface area contributed by atoms with Gasteiger partial charge in [0.25, 0.3) is 5.91 Å². The SMILES string of the molecule is Cn1cncc1C(=O)NCC1CCN(C(=O)CCc2csc(N)n2)CC1. The first-order valence-corrected chi connectivity index (χ1v) is 9.63. The van der Waals surface area contributed by atoms with E-state index in [2.05, 4.69) is 15.3 Å². The molecule has 9 heteroatoms. The molecule has 0 aliphatic carbocycles. The number of likely N-dealkylation sites (tertiary alicyclic amines) is 1. The molecule has 0 atom stereocenters. The summed E-state index contributed by atoms with van der Waals surface area (Å²) < 4.78 is 1.70. The second-order valence-electron chi connectivity index (χ2n) is 6.60. The Morgan fingerprint density at radius 3 is 2.77 bits per heavy atom. The fraction of sp³-hybridized carbons (Fsp3) is 0.529. The number of aromatic nitrogens is 3. The lowest BCUT2D eigenvalue weighted by molar-refractivity contribution is -0.132. The number of hydrogen-bond donors (Lipinski definition) is 2. The van der Waals surface area contributed by atoms with Crippen LogP contribution in [-0.4, -0.2) is 50.9 Å². The highest BCUT2D eigenvalue weighted by atomic mass is 32.1. The third-order valence-electron chi connectivity index (χ3n) is 4.73. The maximum Gasteiger partial charge on any atom is 0.269 e. The number of hydrogen-bond acceptors (Lipinski definition) is 6. The van der Waals surface area contributed by atoms with E-state index >= 15 is 0 Å². The van der Waals surface area contributed by atoms with Gasteiger partial charge in [-0.15, -0.1) is 11.3 Å². The van der Waals surface area contributed by atoms with Crippen molar-refractivity contribution in [1.29, 1.82) is 0 Å². The number of nitrogens with one attached hydrogen (secondary N) is 1. The summed E-state index contributed by atoms with van der Waals surface area (Å²) in [6.07, 6.45) is 6.08. The minimum atomic E-state index is -0.106. The summed E-state index contributed by atoms with van der Waals surface area (Å²) in [5, 5.41) is 5.41. The van der Waals surface area contributed by atoms with E-state index < -0.39 is 0 Å². The Morgan fingerprint density at radius 1 is 1.38 bits per heavy atom. The number of nitrogen functional groups attached to an aromatic ring is 1. The number of imidazole rings is 1. The van der Waals surface area contributed by atoms with Crippen molar-refractivity contribution in [1.82, 2.24) is 24.8 Å². The van der Waals surface area contributed by atoms with Crippen LogP contribution in [0.25, 0.3) is 0 Å². The average molecular weight is 376 g/mol. The van der Waals surface area contributed by atoms with Gasteiger partial charge in [0.2, 0.25) is 5.91 Å². The fourth-order valence-electron chi connectivity index (χ4n) is 3.12. The van der Waals surface area contributed by atoms with Crippen LogP contribution in [0.2, 0.25) is 0 Å². The Labute approximate surface area is 156 Å². The lowest BCUT2D eigenvalue weighted by Crippen LogP contribution is -2.41. The molecule has 2 amide bonds. The molecule has 0 radical (unpaired) electrons. The Hall–Kier alpha value is -2.42. The molecule has 3 rings (SSSR count). The largest absolute Gasteiger partial charge is 0.375 e. The molecule has 0 aromatic carbocycles. The van der Waals surface area contributed by atoms with Crippen molar-refractivity contribution in [3.05, 3.63) is 29.3 Å². The third-order valence-corrected chi connectivity index (χ3v) is 5.46.